The van der Waals surface area contributed by atoms with Gasteiger partial charge in [0.05, 0.1) is 5.69 Å². The first-order valence-electron chi connectivity index (χ1n) is 5.58. The second kappa shape index (κ2) is 4.19. The summed E-state index contributed by atoms with van der Waals surface area (Å²) in [6, 6.07) is 5.21. The number of anilines is 2. The fraction of sp³-hybridized carbons (Fsp3) is 0.455. The van der Waals surface area contributed by atoms with E-state index >= 15 is 0 Å². The first-order valence-corrected chi connectivity index (χ1v) is 7.02. The molecule has 0 saturated heterocycles. The molecule has 17 heavy (non-hydrogen) atoms. The first kappa shape index (κ1) is 12.2. The molecule has 1 aromatic rings. The minimum atomic E-state index is -3.44. The van der Waals surface area contributed by atoms with Crippen molar-refractivity contribution in [3.05, 3.63) is 23.8 Å². The average molecular weight is 255 g/mol. The Labute approximate surface area is 102 Å². The van der Waals surface area contributed by atoms with Gasteiger partial charge in [-0.1, -0.05) is 0 Å². The summed E-state index contributed by atoms with van der Waals surface area (Å²) in [6.07, 6.45) is 0.708. The van der Waals surface area contributed by atoms with E-state index in [2.05, 4.69) is 4.72 Å². The van der Waals surface area contributed by atoms with Crippen LogP contribution in [0, 0.1) is 0 Å². The van der Waals surface area contributed by atoms with Gasteiger partial charge in [0.1, 0.15) is 0 Å². The number of fused-ring (bicyclic) bond motifs is 1. The third-order valence-electron chi connectivity index (χ3n) is 2.63. The maximum absolute atomic E-state index is 12.1. The van der Waals surface area contributed by atoms with Gasteiger partial charge >= 0.3 is 10.2 Å². The second-order valence-electron chi connectivity index (χ2n) is 4.49. The lowest BCUT2D eigenvalue weighted by Crippen LogP contribution is -2.42. The molecule has 0 fully saturated rings. The number of hydrogen-bond donors (Lipinski definition) is 2. The maximum atomic E-state index is 12.1. The molecule has 5 nitrogen and oxygen atoms in total. The van der Waals surface area contributed by atoms with Gasteiger partial charge in [0.25, 0.3) is 0 Å². The zero-order chi connectivity index (χ0) is 12.6. The van der Waals surface area contributed by atoms with E-state index in [0.717, 1.165) is 11.3 Å². The van der Waals surface area contributed by atoms with Crippen LogP contribution in [0.2, 0.25) is 0 Å². The van der Waals surface area contributed by atoms with Crippen molar-refractivity contribution in [1.29, 1.82) is 0 Å². The van der Waals surface area contributed by atoms with E-state index in [1.165, 1.54) is 4.31 Å². The van der Waals surface area contributed by atoms with Crippen LogP contribution >= 0.6 is 0 Å². The zero-order valence-electron chi connectivity index (χ0n) is 9.97. The lowest BCUT2D eigenvalue weighted by molar-refractivity contribution is 0.566. The van der Waals surface area contributed by atoms with E-state index in [0.29, 0.717) is 18.7 Å². The molecule has 2 rings (SSSR count). The number of nitrogens with zero attached hydrogens (tertiary/aromatic N) is 1. The lowest BCUT2D eigenvalue weighted by atomic mass is 10.1. The monoisotopic (exact) mass is 255 g/mol. The fourth-order valence-corrected chi connectivity index (χ4v) is 3.49. The number of nitrogens with one attached hydrogen (secondary N) is 1. The van der Waals surface area contributed by atoms with Crippen molar-refractivity contribution in [3.8, 4) is 0 Å². The molecule has 94 valence electrons. The third kappa shape index (κ3) is 2.37. The Morgan fingerprint density at radius 3 is 2.76 bits per heavy atom. The predicted molar refractivity (Wildman–Crippen MR) is 69.1 cm³/mol. The van der Waals surface area contributed by atoms with Gasteiger partial charge in [0.2, 0.25) is 0 Å². The molecule has 1 aliphatic heterocycles. The standard InChI is InChI=1S/C11H17N3O2S/c1-8(2)13-17(15,16)14-6-5-9-7-10(12)3-4-11(9)14/h3-4,7-8,13H,5-6,12H2,1-2H3. The Hall–Kier alpha value is -1.27. The molecule has 0 bridgehead atoms. The summed E-state index contributed by atoms with van der Waals surface area (Å²) < 4.78 is 28.1. The molecule has 0 aliphatic carbocycles. The molecule has 0 amide bonds. The Balaban J connectivity index is 2.34. The molecule has 1 aromatic carbocycles. The van der Waals surface area contributed by atoms with Crippen molar-refractivity contribution in [3.63, 3.8) is 0 Å². The van der Waals surface area contributed by atoms with Crippen molar-refractivity contribution in [2.45, 2.75) is 26.3 Å². The molecule has 1 heterocycles. The summed E-state index contributed by atoms with van der Waals surface area (Å²) in [5.41, 5.74) is 8.06. The van der Waals surface area contributed by atoms with Crippen molar-refractivity contribution < 1.29 is 8.42 Å². The highest BCUT2D eigenvalue weighted by Crippen LogP contribution is 2.31. The Bertz CT molecular complexity index is 526. The van der Waals surface area contributed by atoms with Crippen LogP contribution in [-0.2, 0) is 16.6 Å². The van der Waals surface area contributed by atoms with Crippen LogP contribution in [-0.4, -0.2) is 21.0 Å². The van der Waals surface area contributed by atoms with E-state index in [1.807, 2.05) is 6.07 Å². The zero-order valence-corrected chi connectivity index (χ0v) is 10.8. The number of nitrogens with two attached hydrogens (primary N) is 1. The molecule has 0 saturated carbocycles. The molecule has 1 aliphatic rings. The van der Waals surface area contributed by atoms with E-state index < -0.39 is 10.2 Å². The van der Waals surface area contributed by atoms with Crippen molar-refractivity contribution in [1.82, 2.24) is 4.72 Å². The van der Waals surface area contributed by atoms with Crippen LogP contribution in [0.4, 0.5) is 11.4 Å². The molecule has 3 N–H and O–H groups in total. The summed E-state index contributed by atoms with van der Waals surface area (Å²) in [4.78, 5) is 0. The van der Waals surface area contributed by atoms with Crippen LogP contribution < -0.4 is 14.8 Å². The van der Waals surface area contributed by atoms with Crippen LogP contribution in [0.1, 0.15) is 19.4 Å². The van der Waals surface area contributed by atoms with Crippen LogP contribution in [0.15, 0.2) is 18.2 Å². The normalized spacial score (nSPS) is 15.4. The van der Waals surface area contributed by atoms with Gasteiger partial charge in [-0.15, -0.1) is 0 Å². The molecule has 6 heteroatoms. The third-order valence-corrected chi connectivity index (χ3v) is 4.36. The topological polar surface area (TPSA) is 75.4 Å². The number of hydrogen-bond acceptors (Lipinski definition) is 3. The molecule has 0 atom stereocenters. The fourth-order valence-electron chi connectivity index (χ4n) is 2.00. The van der Waals surface area contributed by atoms with E-state index in [1.54, 1.807) is 26.0 Å². The highest BCUT2D eigenvalue weighted by Gasteiger charge is 2.29. The quantitative estimate of drug-likeness (QED) is 0.787. The van der Waals surface area contributed by atoms with Crippen molar-refractivity contribution in [2.75, 3.05) is 16.6 Å². The van der Waals surface area contributed by atoms with Crippen LogP contribution in [0.5, 0.6) is 0 Å². The Kier molecular flexibility index (Phi) is 3.01. The summed E-state index contributed by atoms with van der Waals surface area (Å²) in [6.45, 7) is 4.08. The number of benzene rings is 1. The van der Waals surface area contributed by atoms with Crippen molar-refractivity contribution in [2.24, 2.45) is 0 Å². The smallest absolute Gasteiger partial charge is 0.301 e. The van der Waals surface area contributed by atoms with E-state index in [-0.39, 0.29) is 6.04 Å². The SMILES string of the molecule is CC(C)NS(=O)(=O)N1CCc2cc(N)ccc21. The van der Waals surface area contributed by atoms with Gasteiger partial charge in [0, 0.05) is 18.3 Å². The molecule has 0 aromatic heterocycles. The summed E-state index contributed by atoms with van der Waals surface area (Å²) in [5, 5.41) is 0. The summed E-state index contributed by atoms with van der Waals surface area (Å²) in [5.74, 6) is 0. The minimum absolute atomic E-state index is 0.113. The van der Waals surface area contributed by atoms with Gasteiger partial charge in [0.15, 0.2) is 0 Å². The number of nitrogen functional groups attached to an aromatic ring is 1. The molecule has 0 radical (unpaired) electrons. The van der Waals surface area contributed by atoms with Gasteiger partial charge in [-0.3, -0.25) is 4.31 Å². The largest absolute Gasteiger partial charge is 0.399 e. The minimum Gasteiger partial charge on any atom is -0.399 e. The highest BCUT2D eigenvalue weighted by molar-refractivity contribution is 7.90. The maximum Gasteiger partial charge on any atom is 0.301 e. The van der Waals surface area contributed by atoms with Crippen LogP contribution in [0.3, 0.4) is 0 Å². The molecule has 0 unspecified atom stereocenters. The van der Waals surface area contributed by atoms with Crippen molar-refractivity contribution >= 4 is 21.6 Å². The van der Waals surface area contributed by atoms with Crippen LogP contribution in [0.25, 0.3) is 0 Å². The van der Waals surface area contributed by atoms with Gasteiger partial charge < -0.3 is 5.73 Å². The molecular formula is C11H17N3O2S. The van der Waals surface area contributed by atoms with E-state index in [9.17, 15) is 8.42 Å². The Morgan fingerprint density at radius 2 is 2.12 bits per heavy atom. The van der Waals surface area contributed by atoms with Gasteiger partial charge in [-0.25, -0.2) is 0 Å². The Morgan fingerprint density at radius 1 is 1.41 bits per heavy atom. The van der Waals surface area contributed by atoms with Gasteiger partial charge in [-0.2, -0.15) is 13.1 Å². The first-order chi connectivity index (χ1) is 7.90. The van der Waals surface area contributed by atoms with Gasteiger partial charge in [-0.05, 0) is 44.0 Å². The number of rotatable bonds is 3. The molecule has 0 spiro atoms. The summed E-state index contributed by atoms with van der Waals surface area (Å²) >= 11 is 0. The lowest BCUT2D eigenvalue weighted by Gasteiger charge is -2.21. The van der Waals surface area contributed by atoms with E-state index in [4.69, 9.17) is 5.73 Å². The second-order valence-corrected chi connectivity index (χ2v) is 6.11. The predicted octanol–water partition coefficient (Wildman–Crippen LogP) is 0.874. The molecular weight excluding hydrogens is 238 g/mol. The summed E-state index contributed by atoms with van der Waals surface area (Å²) in [7, 11) is -3.44. The average Bonchev–Trinajstić information content (AvgIpc) is 2.58. The highest BCUT2D eigenvalue weighted by atomic mass is 32.2.